The van der Waals surface area contributed by atoms with Crippen molar-refractivity contribution in [3.8, 4) is 6.07 Å². The third kappa shape index (κ3) is 4.31. The van der Waals surface area contributed by atoms with Crippen LogP contribution in [0.4, 0.5) is 0 Å². The first-order valence-electron chi connectivity index (χ1n) is 6.94. The van der Waals surface area contributed by atoms with Crippen LogP contribution in [-0.4, -0.2) is 47.5 Å². The number of esters is 1. The molecule has 0 saturated heterocycles. The quantitative estimate of drug-likeness (QED) is 0.394. The summed E-state index contributed by atoms with van der Waals surface area (Å²) in [6.45, 7) is 3.84. The molecular formula is C16H21NO4Se. The van der Waals surface area contributed by atoms with E-state index in [1.165, 1.54) is 14.2 Å². The van der Waals surface area contributed by atoms with Crippen molar-refractivity contribution in [2.75, 3.05) is 20.8 Å². The topological polar surface area (TPSA) is 68.6 Å². The van der Waals surface area contributed by atoms with Crippen LogP contribution in [-0.2, 0) is 19.0 Å². The zero-order valence-corrected chi connectivity index (χ0v) is 15.0. The van der Waals surface area contributed by atoms with Crippen molar-refractivity contribution >= 4 is 25.4 Å². The Hall–Kier alpha value is -1.38. The minimum atomic E-state index is -1.46. The number of hydrogen-bond acceptors (Lipinski definition) is 5. The second-order valence-electron chi connectivity index (χ2n) is 4.58. The molecule has 0 heterocycles. The van der Waals surface area contributed by atoms with Crippen LogP contribution in [0.15, 0.2) is 30.3 Å². The number of nitriles is 1. The molecule has 6 heteroatoms. The van der Waals surface area contributed by atoms with E-state index in [1.54, 1.807) is 13.8 Å². The predicted molar refractivity (Wildman–Crippen MR) is 83.7 cm³/mol. The number of ether oxygens (including phenoxy) is 3. The monoisotopic (exact) mass is 371 g/mol. The number of benzene rings is 1. The molecule has 0 unspecified atom stereocenters. The SMILES string of the molecule is CCOC(=O)[C@H]([Se]c1ccccc1)[C@@H](C)C(C#N)(OC)OC. The van der Waals surface area contributed by atoms with Crippen molar-refractivity contribution in [3.05, 3.63) is 30.3 Å². The van der Waals surface area contributed by atoms with Gasteiger partial charge in [-0.15, -0.1) is 0 Å². The van der Waals surface area contributed by atoms with Gasteiger partial charge < -0.3 is 0 Å². The molecule has 5 nitrogen and oxygen atoms in total. The van der Waals surface area contributed by atoms with E-state index in [4.69, 9.17) is 14.2 Å². The van der Waals surface area contributed by atoms with Gasteiger partial charge in [-0.2, -0.15) is 0 Å². The van der Waals surface area contributed by atoms with E-state index in [9.17, 15) is 10.1 Å². The standard InChI is InChI=1S/C16H21NO4Se/c1-5-21-15(18)14(22-13-9-7-6-8-10-13)12(2)16(11-17,19-3)20-4/h6-10,12,14H,5H2,1-4H3/t12-,14-/m1/s1. The van der Waals surface area contributed by atoms with E-state index in [0.717, 1.165) is 4.46 Å². The van der Waals surface area contributed by atoms with Gasteiger partial charge in [0.2, 0.25) is 0 Å². The Morgan fingerprint density at radius 1 is 1.32 bits per heavy atom. The molecule has 0 bridgehead atoms. The predicted octanol–water partition coefficient (Wildman–Crippen LogP) is 1.52. The fraction of sp³-hybridized carbons (Fsp3) is 0.500. The normalized spacial score (nSPS) is 14.0. The molecule has 0 amide bonds. The van der Waals surface area contributed by atoms with E-state index >= 15 is 0 Å². The minimum absolute atomic E-state index is 0.202. The summed E-state index contributed by atoms with van der Waals surface area (Å²) in [6.07, 6.45) is 0. The van der Waals surface area contributed by atoms with Crippen molar-refractivity contribution in [1.82, 2.24) is 0 Å². The van der Waals surface area contributed by atoms with E-state index in [0.29, 0.717) is 6.61 Å². The third-order valence-corrected chi connectivity index (χ3v) is 6.28. The maximum absolute atomic E-state index is 12.4. The second-order valence-corrected chi connectivity index (χ2v) is 7.13. The van der Waals surface area contributed by atoms with Crippen LogP contribution in [0, 0.1) is 17.2 Å². The fourth-order valence-electron chi connectivity index (χ4n) is 2.07. The Kier molecular flexibility index (Phi) is 7.57. The molecule has 1 rings (SSSR count). The molecular weight excluding hydrogens is 349 g/mol. The number of nitrogens with zero attached hydrogens (tertiary/aromatic N) is 1. The first-order valence-corrected chi connectivity index (χ1v) is 8.79. The average Bonchev–Trinajstić information content (AvgIpc) is 2.55. The van der Waals surface area contributed by atoms with Gasteiger partial charge in [0.05, 0.1) is 0 Å². The van der Waals surface area contributed by atoms with Gasteiger partial charge in [-0.3, -0.25) is 0 Å². The Labute approximate surface area is 137 Å². The second kappa shape index (κ2) is 8.92. The van der Waals surface area contributed by atoms with Gasteiger partial charge in [0.25, 0.3) is 0 Å². The Balaban J connectivity index is 3.09. The maximum atomic E-state index is 12.4. The zero-order valence-electron chi connectivity index (χ0n) is 13.2. The molecule has 0 radical (unpaired) electrons. The van der Waals surface area contributed by atoms with Gasteiger partial charge in [0, 0.05) is 0 Å². The summed E-state index contributed by atoms with van der Waals surface area (Å²) < 4.78 is 16.8. The van der Waals surface area contributed by atoms with E-state index < -0.39 is 16.5 Å². The number of methoxy groups -OCH3 is 2. The summed E-state index contributed by atoms with van der Waals surface area (Å²) in [6, 6.07) is 11.7. The molecule has 0 N–H and O–H groups in total. The summed E-state index contributed by atoms with van der Waals surface area (Å²) in [5.41, 5.74) is 0. The van der Waals surface area contributed by atoms with Gasteiger partial charge in [-0.05, 0) is 0 Å². The summed E-state index contributed by atoms with van der Waals surface area (Å²) >= 11 is -0.202. The molecule has 2 atom stereocenters. The molecule has 0 aliphatic rings. The van der Waals surface area contributed by atoms with Crippen LogP contribution < -0.4 is 4.46 Å². The molecule has 0 aliphatic carbocycles. The number of rotatable bonds is 8. The Morgan fingerprint density at radius 2 is 1.91 bits per heavy atom. The zero-order chi connectivity index (χ0) is 16.6. The summed E-state index contributed by atoms with van der Waals surface area (Å²) in [5.74, 6) is -2.26. The van der Waals surface area contributed by atoms with Crippen molar-refractivity contribution in [2.45, 2.75) is 24.5 Å². The van der Waals surface area contributed by atoms with Crippen LogP contribution in [0.2, 0.25) is 4.82 Å². The number of hydrogen-bond donors (Lipinski definition) is 0. The van der Waals surface area contributed by atoms with Gasteiger partial charge in [-0.25, -0.2) is 0 Å². The number of carbonyl (C=O) groups excluding carboxylic acids is 1. The van der Waals surface area contributed by atoms with Crippen molar-refractivity contribution in [2.24, 2.45) is 5.92 Å². The van der Waals surface area contributed by atoms with E-state index in [1.807, 2.05) is 36.4 Å². The van der Waals surface area contributed by atoms with Gasteiger partial charge in [-0.1, -0.05) is 0 Å². The summed E-state index contributed by atoms with van der Waals surface area (Å²) in [5, 5.41) is 9.43. The average molecular weight is 370 g/mol. The van der Waals surface area contributed by atoms with Gasteiger partial charge >= 0.3 is 137 Å². The molecule has 120 valence electrons. The van der Waals surface area contributed by atoms with Crippen LogP contribution >= 0.6 is 0 Å². The van der Waals surface area contributed by atoms with Crippen LogP contribution in [0.5, 0.6) is 0 Å². The molecule has 22 heavy (non-hydrogen) atoms. The third-order valence-electron chi connectivity index (χ3n) is 3.34. The van der Waals surface area contributed by atoms with E-state index in [2.05, 4.69) is 0 Å². The summed E-state index contributed by atoms with van der Waals surface area (Å²) in [4.78, 5) is 11.9. The molecule has 0 aromatic heterocycles. The molecule has 0 saturated carbocycles. The number of carbonyl (C=O) groups is 1. The molecule has 0 spiro atoms. The molecule has 0 fully saturated rings. The fourth-order valence-corrected chi connectivity index (χ4v) is 4.50. The van der Waals surface area contributed by atoms with Gasteiger partial charge in [0.15, 0.2) is 0 Å². The van der Waals surface area contributed by atoms with Crippen LogP contribution in [0.1, 0.15) is 13.8 Å². The van der Waals surface area contributed by atoms with Crippen molar-refractivity contribution in [3.63, 3.8) is 0 Å². The Bertz CT molecular complexity index is 511. The molecule has 1 aromatic rings. The molecule has 0 aliphatic heterocycles. The first-order chi connectivity index (χ1) is 10.5. The van der Waals surface area contributed by atoms with E-state index in [-0.39, 0.29) is 20.9 Å². The van der Waals surface area contributed by atoms with Crippen molar-refractivity contribution < 1.29 is 19.0 Å². The first kappa shape index (κ1) is 18.7. The van der Waals surface area contributed by atoms with Crippen molar-refractivity contribution in [1.29, 1.82) is 5.26 Å². The van der Waals surface area contributed by atoms with Crippen LogP contribution in [0.3, 0.4) is 0 Å². The van der Waals surface area contributed by atoms with Crippen LogP contribution in [0.25, 0.3) is 0 Å². The summed E-state index contributed by atoms with van der Waals surface area (Å²) in [7, 11) is 2.81. The van der Waals surface area contributed by atoms with Gasteiger partial charge in [0.1, 0.15) is 0 Å². The molecule has 1 aromatic carbocycles. The Morgan fingerprint density at radius 3 is 2.36 bits per heavy atom.